The van der Waals surface area contributed by atoms with E-state index in [-0.39, 0.29) is 23.7 Å². The van der Waals surface area contributed by atoms with Crippen molar-refractivity contribution in [1.82, 2.24) is 0 Å². The molecule has 0 aromatic carbocycles. The first-order valence-electron chi connectivity index (χ1n) is 8.82. The molecule has 0 aliphatic carbocycles. The van der Waals surface area contributed by atoms with Gasteiger partial charge in [0.25, 0.3) is 0 Å². The van der Waals surface area contributed by atoms with Crippen LogP contribution in [0, 0.1) is 0 Å². The quantitative estimate of drug-likeness (QED) is 0.564. The summed E-state index contributed by atoms with van der Waals surface area (Å²) in [5.74, 6) is 0. The Kier molecular flexibility index (Phi) is 8.97. The summed E-state index contributed by atoms with van der Waals surface area (Å²) in [6.45, 7) is 10.7. The molecule has 2 unspecified atom stereocenters. The van der Waals surface area contributed by atoms with Gasteiger partial charge in [-0.05, 0) is 47.0 Å². The molecule has 1 aliphatic heterocycles. The van der Waals surface area contributed by atoms with Gasteiger partial charge in [0.15, 0.2) is 12.6 Å². The van der Waals surface area contributed by atoms with E-state index in [0.29, 0.717) is 26.1 Å². The van der Waals surface area contributed by atoms with Gasteiger partial charge >= 0.3 is 0 Å². The van der Waals surface area contributed by atoms with Crippen LogP contribution in [-0.2, 0) is 18.9 Å². The van der Waals surface area contributed by atoms with Crippen LogP contribution in [0.4, 0.5) is 0 Å². The molecule has 1 heterocycles. The number of nitrogens with two attached hydrogens (primary N) is 2. The van der Waals surface area contributed by atoms with E-state index >= 15 is 0 Å². The van der Waals surface area contributed by atoms with Crippen LogP contribution in [0.1, 0.15) is 59.8 Å². The lowest BCUT2D eigenvalue weighted by Crippen LogP contribution is -2.47. The largest absolute Gasteiger partial charge is 0.353 e. The molecule has 4 N–H and O–H groups in total. The van der Waals surface area contributed by atoms with Crippen LogP contribution in [0.25, 0.3) is 0 Å². The molecular formula is C17H36N2O4. The van der Waals surface area contributed by atoms with Gasteiger partial charge in [0.1, 0.15) is 0 Å². The van der Waals surface area contributed by atoms with Gasteiger partial charge in [-0.1, -0.05) is 0 Å². The van der Waals surface area contributed by atoms with Crippen LogP contribution in [0.5, 0.6) is 0 Å². The molecule has 1 rings (SSSR count). The lowest BCUT2D eigenvalue weighted by molar-refractivity contribution is -0.187. The normalized spacial score (nSPS) is 22.0. The van der Waals surface area contributed by atoms with Crippen LogP contribution in [0.2, 0.25) is 0 Å². The second kappa shape index (κ2) is 9.91. The zero-order chi connectivity index (χ0) is 17.3. The monoisotopic (exact) mass is 332 g/mol. The molecule has 0 aromatic rings. The van der Waals surface area contributed by atoms with Crippen molar-refractivity contribution in [3.05, 3.63) is 0 Å². The molecular weight excluding hydrogens is 296 g/mol. The summed E-state index contributed by atoms with van der Waals surface area (Å²) in [4.78, 5) is 0. The summed E-state index contributed by atoms with van der Waals surface area (Å²) in [5.41, 5.74) is 12.1. The SMILES string of the molecule is CCOC(CC(C)(N)CCC(C)(N)CC1OCCCO1)OCC. The highest BCUT2D eigenvalue weighted by Crippen LogP contribution is 2.26. The van der Waals surface area contributed by atoms with Crippen molar-refractivity contribution < 1.29 is 18.9 Å². The molecule has 1 fully saturated rings. The minimum atomic E-state index is -0.385. The summed E-state index contributed by atoms with van der Waals surface area (Å²) >= 11 is 0. The van der Waals surface area contributed by atoms with E-state index in [9.17, 15) is 0 Å². The summed E-state index contributed by atoms with van der Waals surface area (Å²) in [6.07, 6.45) is 3.44. The van der Waals surface area contributed by atoms with E-state index < -0.39 is 0 Å². The predicted octanol–water partition coefficient (Wildman–Crippen LogP) is 2.14. The fraction of sp³-hybridized carbons (Fsp3) is 1.00. The molecule has 2 atom stereocenters. The average Bonchev–Trinajstić information content (AvgIpc) is 2.46. The summed E-state index contributed by atoms with van der Waals surface area (Å²) in [6, 6.07) is 0. The number of ether oxygens (including phenoxy) is 4. The van der Waals surface area contributed by atoms with Crippen molar-refractivity contribution in [3.8, 4) is 0 Å². The molecule has 0 amide bonds. The van der Waals surface area contributed by atoms with Crippen LogP contribution >= 0.6 is 0 Å². The molecule has 1 aliphatic rings. The zero-order valence-corrected chi connectivity index (χ0v) is 15.3. The molecule has 0 radical (unpaired) electrons. The number of hydrogen-bond donors (Lipinski definition) is 2. The van der Waals surface area contributed by atoms with Gasteiger partial charge in [-0.25, -0.2) is 0 Å². The second-order valence-electron chi connectivity index (χ2n) is 7.08. The molecule has 6 nitrogen and oxygen atoms in total. The third kappa shape index (κ3) is 8.98. The molecule has 0 bridgehead atoms. The summed E-state index contributed by atoms with van der Waals surface area (Å²) in [5, 5.41) is 0. The van der Waals surface area contributed by atoms with Crippen LogP contribution in [0.15, 0.2) is 0 Å². The van der Waals surface area contributed by atoms with E-state index in [0.717, 1.165) is 32.5 Å². The fourth-order valence-corrected chi connectivity index (χ4v) is 2.73. The average molecular weight is 332 g/mol. The van der Waals surface area contributed by atoms with Crippen molar-refractivity contribution in [2.75, 3.05) is 26.4 Å². The number of hydrogen-bond acceptors (Lipinski definition) is 6. The second-order valence-corrected chi connectivity index (χ2v) is 7.08. The first-order valence-corrected chi connectivity index (χ1v) is 8.82. The minimum Gasteiger partial charge on any atom is -0.353 e. The van der Waals surface area contributed by atoms with Crippen molar-refractivity contribution in [3.63, 3.8) is 0 Å². The molecule has 23 heavy (non-hydrogen) atoms. The van der Waals surface area contributed by atoms with Gasteiger partial charge in [-0.15, -0.1) is 0 Å². The van der Waals surface area contributed by atoms with Gasteiger partial charge in [0, 0.05) is 37.1 Å². The maximum Gasteiger partial charge on any atom is 0.159 e. The smallest absolute Gasteiger partial charge is 0.159 e. The Labute approximate surface area is 141 Å². The Bertz CT molecular complexity index is 312. The van der Waals surface area contributed by atoms with Crippen molar-refractivity contribution in [2.45, 2.75) is 83.5 Å². The van der Waals surface area contributed by atoms with Crippen molar-refractivity contribution >= 4 is 0 Å². The van der Waals surface area contributed by atoms with E-state index in [4.69, 9.17) is 30.4 Å². The van der Waals surface area contributed by atoms with E-state index in [1.54, 1.807) is 0 Å². The molecule has 1 saturated heterocycles. The lowest BCUT2D eigenvalue weighted by Gasteiger charge is -2.35. The van der Waals surface area contributed by atoms with Gasteiger partial charge in [0.05, 0.1) is 13.2 Å². The van der Waals surface area contributed by atoms with E-state index in [1.807, 2.05) is 27.7 Å². The van der Waals surface area contributed by atoms with E-state index in [1.165, 1.54) is 0 Å². The van der Waals surface area contributed by atoms with Gasteiger partial charge in [0.2, 0.25) is 0 Å². The summed E-state index contributed by atoms with van der Waals surface area (Å²) < 4.78 is 22.4. The molecule has 6 heteroatoms. The molecule has 138 valence electrons. The van der Waals surface area contributed by atoms with Gasteiger partial charge < -0.3 is 30.4 Å². The lowest BCUT2D eigenvalue weighted by atomic mass is 9.84. The summed E-state index contributed by atoms with van der Waals surface area (Å²) in [7, 11) is 0. The minimum absolute atomic E-state index is 0.192. The Morgan fingerprint density at radius 2 is 1.52 bits per heavy atom. The van der Waals surface area contributed by atoms with Crippen molar-refractivity contribution in [2.24, 2.45) is 11.5 Å². The predicted molar refractivity (Wildman–Crippen MR) is 91.0 cm³/mol. The maximum absolute atomic E-state index is 6.44. The Morgan fingerprint density at radius 1 is 1.00 bits per heavy atom. The fourth-order valence-electron chi connectivity index (χ4n) is 2.73. The zero-order valence-electron chi connectivity index (χ0n) is 15.3. The highest BCUT2D eigenvalue weighted by atomic mass is 16.7. The van der Waals surface area contributed by atoms with Crippen molar-refractivity contribution in [1.29, 1.82) is 0 Å². The Hall–Kier alpha value is -0.240. The molecule has 0 spiro atoms. The van der Waals surface area contributed by atoms with Crippen LogP contribution in [0.3, 0.4) is 0 Å². The number of rotatable bonds is 11. The first kappa shape index (κ1) is 20.8. The standard InChI is InChI=1S/C17H36N2O4/c1-5-20-14(21-6-2)12-16(3,18)8-9-17(4,19)13-15-22-10-7-11-23-15/h14-15H,5-13,18-19H2,1-4H3. The first-order chi connectivity index (χ1) is 10.8. The van der Waals surface area contributed by atoms with Gasteiger partial charge in [-0.3, -0.25) is 0 Å². The highest BCUT2D eigenvalue weighted by Gasteiger charge is 2.31. The Balaban J connectivity index is 2.42. The van der Waals surface area contributed by atoms with Crippen LogP contribution in [-0.4, -0.2) is 50.1 Å². The Morgan fingerprint density at radius 3 is 2.04 bits per heavy atom. The maximum atomic E-state index is 6.44. The van der Waals surface area contributed by atoms with E-state index in [2.05, 4.69) is 0 Å². The molecule has 0 aromatic heterocycles. The highest BCUT2D eigenvalue weighted by molar-refractivity contribution is 4.88. The molecule has 0 saturated carbocycles. The third-order valence-corrected chi connectivity index (χ3v) is 4.13. The van der Waals surface area contributed by atoms with Crippen LogP contribution < -0.4 is 11.5 Å². The topological polar surface area (TPSA) is 89.0 Å². The van der Waals surface area contributed by atoms with Gasteiger partial charge in [-0.2, -0.15) is 0 Å². The third-order valence-electron chi connectivity index (χ3n) is 4.13.